The highest BCUT2D eigenvalue weighted by Gasteiger charge is 2.23. The van der Waals surface area contributed by atoms with E-state index < -0.39 is 0 Å². The van der Waals surface area contributed by atoms with Gasteiger partial charge in [-0.3, -0.25) is 0 Å². The predicted molar refractivity (Wildman–Crippen MR) is 299 cm³/mol. The first-order valence-corrected chi connectivity index (χ1v) is 24.3. The molecule has 0 aliphatic rings. The number of hydrogen-bond acceptors (Lipinski definition) is 2. The number of fused-ring (bicyclic) bond motifs is 9. The van der Waals surface area contributed by atoms with Gasteiger partial charge in [-0.1, -0.05) is 188 Å². The van der Waals surface area contributed by atoms with Gasteiger partial charge in [0.05, 0.1) is 22.4 Å². The minimum absolute atomic E-state index is 0.873. The molecule has 0 saturated carbocycles. The van der Waals surface area contributed by atoms with Crippen molar-refractivity contribution in [2.24, 2.45) is 0 Å². The Balaban J connectivity index is 0.901. The maximum Gasteiger partial charge on any atom is 0.136 e. The number of benzene rings is 12. The van der Waals surface area contributed by atoms with Crippen molar-refractivity contribution in [3.05, 3.63) is 267 Å². The second kappa shape index (κ2) is 16.7. The lowest BCUT2D eigenvalue weighted by atomic mass is 9.91. The quantitative estimate of drug-likeness (QED) is 0.142. The van der Waals surface area contributed by atoms with Crippen LogP contribution in [0.25, 0.3) is 115 Å². The van der Waals surface area contributed by atoms with Gasteiger partial charge in [0.1, 0.15) is 11.2 Å². The Morgan fingerprint density at radius 1 is 0.282 bits per heavy atom. The minimum Gasteiger partial charge on any atom is -0.456 e. The van der Waals surface area contributed by atoms with Crippen molar-refractivity contribution in [3.63, 3.8) is 0 Å². The zero-order valence-electron chi connectivity index (χ0n) is 38.7. The fraction of sp³-hybridized carbons (Fsp3) is 0. The Morgan fingerprint density at radius 2 is 0.817 bits per heavy atom. The smallest absolute Gasteiger partial charge is 0.136 e. The molecule has 0 bridgehead atoms. The van der Waals surface area contributed by atoms with Crippen molar-refractivity contribution in [1.29, 1.82) is 0 Å². The van der Waals surface area contributed by atoms with E-state index in [1.165, 1.54) is 60.0 Å². The van der Waals surface area contributed by atoms with Crippen molar-refractivity contribution in [2.75, 3.05) is 4.90 Å². The molecule has 0 N–H and O–H groups in total. The molecule has 14 rings (SSSR count). The van der Waals surface area contributed by atoms with Crippen LogP contribution in [0.15, 0.2) is 271 Å². The molecular weight excluding hydrogens is 861 g/mol. The van der Waals surface area contributed by atoms with E-state index in [0.29, 0.717) is 0 Å². The number of para-hydroxylation sites is 5. The lowest BCUT2D eigenvalue weighted by Gasteiger charge is -2.30. The highest BCUT2D eigenvalue weighted by atomic mass is 16.3. The summed E-state index contributed by atoms with van der Waals surface area (Å²) in [6, 6.07) is 96.8. The maximum atomic E-state index is 6.47. The Hall–Kier alpha value is -9.44. The van der Waals surface area contributed by atoms with Gasteiger partial charge >= 0.3 is 0 Å². The van der Waals surface area contributed by atoms with Crippen LogP contribution in [0, 0.1) is 0 Å². The molecule has 0 radical (unpaired) electrons. The molecule has 3 nitrogen and oxygen atoms in total. The molecule has 2 heterocycles. The third kappa shape index (κ3) is 6.82. The zero-order chi connectivity index (χ0) is 46.8. The van der Waals surface area contributed by atoms with E-state index >= 15 is 0 Å². The number of aromatic nitrogens is 1. The highest BCUT2D eigenvalue weighted by Crippen LogP contribution is 2.48. The Morgan fingerprint density at radius 3 is 1.58 bits per heavy atom. The molecule has 0 atom stereocenters. The highest BCUT2D eigenvalue weighted by molar-refractivity contribution is 6.15. The topological polar surface area (TPSA) is 21.3 Å². The average Bonchev–Trinajstić information content (AvgIpc) is 3.99. The average molecular weight is 905 g/mol. The standard InChI is InChI=1S/C68H44N2O/c1-2-22-53-49(17-1)43-62(56-25-4-3-24-55(53)56)59-28-8-13-33-66(59)69(63-30-10-5-23-54(63)50-37-40-61-60-29-9-14-34-67(60)71-68(61)44-50)51-38-35-45(36-39-51)46-18-15-19-47(41-46)48-20-16-21-52(42-48)70-64-31-11-6-26-57(64)58-27-7-12-32-65(58)70/h1-44H. The molecule has 0 aliphatic heterocycles. The Bertz CT molecular complexity index is 4310. The molecule has 12 aromatic carbocycles. The fourth-order valence-corrected chi connectivity index (χ4v) is 11.1. The summed E-state index contributed by atoms with van der Waals surface area (Å²) in [6.45, 7) is 0. The van der Waals surface area contributed by atoms with Gasteiger partial charge in [0, 0.05) is 44.0 Å². The second-order valence-electron chi connectivity index (χ2n) is 18.4. The van der Waals surface area contributed by atoms with Gasteiger partial charge in [-0.2, -0.15) is 0 Å². The first-order valence-electron chi connectivity index (χ1n) is 24.3. The number of hydrogen-bond donors (Lipinski definition) is 0. The molecule has 71 heavy (non-hydrogen) atoms. The summed E-state index contributed by atoms with van der Waals surface area (Å²) in [5.74, 6) is 0. The van der Waals surface area contributed by atoms with E-state index in [2.05, 4.69) is 264 Å². The van der Waals surface area contributed by atoms with Gasteiger partial charge in [0.2, 0.25) is 0 Å². The summed E-state index contributed by atoms with van der Waals surface area (Å²) in [7, 11) is 0. The normalized spacial score (nSPS) is 11.7. The van der Waals surface area contributed by atoms with Crippen LogP contribution >= 0.6 is 0 Å². The molecule has 0 amide bonds. The van der Waals surface area contributed by atoms with E-state index in [1.807, 2.05) is 12.1 Å². The molecule has 0 spiro atoms. The second-order valence-corrected chi connectivity index (χ2v) is 18.4. The van der Waals surface area contributed by atoms with Crippen LogP contribution in [-0.4, -0.2) is 4.57 Å². The van der Waals surface area contributed by atoms with Gasteiger partial charge in [-0.15, -0.1) is 0 Å². The van der Waals surface area contributed by atoms with Gasteiger partial charge in [0.25, 0.3) is 0 Å². The van der Waals surface area contributed by atoms with Crippen LogP contribution in [0.5, 0.6) is 0 Å². The number of rotatable bonds is 8. The number of nitrogens with zero attached hydrogens (tertiary/aromatic N) is 2. The summed E-state index contributed by atoms with van der Waals surface area (Å²) in [5.41, 5.74) is 17.7. The monoisotopic (exact) mass is 904 g/mol. The molecule has 332 valence electrons. The van der Waals surface area contributed by atoms with E-state index in [1.54, 1.807) is 0 Å². The molecule has 0 fully saturated rings. The van der Waals surface area contributed by atoms with Crippen LogP contribution < -0.4 is 4.90 Å². The Labute approximate surface area is 411 Å². The minimum atomic E-state index is 0.873. The van der Waals surface area contributed by atoms with Crippen LogP contribution in [0.1, 0.15) is 0 Å². The van der Waals surface area contributed by atoms with Gasteiger partial charge in [-0.25, -0.2) is 0 Å². The third-order valence-electron chi connectivity index (χ3n) is 14.4. The first kappa shape index (κ1) is 40.6. The van der Waals surface area contributed by atoms with Crippen molar-refractivity contribution in [3.8, 4) is 50.2 Å². The van der Waals surface area contributed by atoms with Crippen LogP contribution in [0.2, 0.25) is 0 Å². The lowest BCUT2D eigenvalue weighted by Crippen LogP contribution is -2.12. The molecule has 14 aromatic rings. The van der Waals surface area contributed by atoms with Gasteiger partial charge in [-0.05, 0) is 134 Å². The van der Waals surface area contributed by atoms with Gasteiger partial charge in [0.15, 0.2) is 0 Å². The van der Waals surface area contributed by atoms with E-state index in [4.69, 9.17) is 4.42 Å². The molecule has 3 heteroatoms. The van der Waals surface area contributed by atoms with Crippen LogP contribution in [0.4, 0.5) is 17.1 Å². The van der Waals surface area contributed by atoms with Crippen LogP contribution in [0.3, 0.4) is 0 Å². The summed E-state index contributed by atoms with van der Waals surface area (Å²) in [5, 5.41) is 9.69. The molecule has 2 aromatic heterocycles. The Kier molecular flexibility index (Phi) is 9.53. The van der Waals surface area contributed by atoms with E-state index in [0.717, 1.165) is 72.5 Å². The molecule has 0 unspecified atom stereocenters. The molecular formula is C68H44N2O. The predicted octanol–water partition coefficient (Wildman–Crippen LogP) is 19.1. The summed E-state index contributed by atoms with van der Waals surface area (Å²) < 4.78 is 8.86. The first-order chi connectivity index (χ1) is 35.2. The number of furan rings is 1. The number of anilines is 3. The third-order valence-corrected chi connectivity index (χ3v) is 14.4. The van der Waals surface area contributed by atoms with Crippen LogP contribution in [-0.2, 0) is 0 Å². The summed E-state index contributed by atoms with van der Waals surface area (Å²) >= 11 is 0. The zero-order valence-corrected chi connectivity index (χ0v) is 38.7. The largest absolute Gasteiger partial charge is 0.456 e. The van der Waals surface area contributed by atoms with Crippen molar-refractivity contribution in [2.45, 2.75) is 0 Å². The lowest BCUT2D eigenvalue weighted by molar-refractivity contribution is 0.669. The SMILES string of the molecule is c1cc(-c2ccc(N(c3ccccc3-c3ccc4c(c3)oc3ccccc34)c3ccccc3-c3cc4ccccc4c4ccccc34)cc2)cc(-c2cccc(-n3c4ccccc4c4ccccc43)c2)c1. The fourth-order valence-electron chi connectivity index (χ4n) is 11.1. The molecule has 0 aliphatic carbocycles. The maximum absolute atomic E-state index is 6.47. The summed E-state index contributed by atoms with van der Waals surface area (Å²) in [4.78, 5) is 2.44. The van der Waals surface area contributed by atoms with Crippen molar-refractivity contribution < 1.29 is 4.42 Å². The molecule has 0 saturated heterocycles. The van der Waals surface area contributed by atoms with E-state index in [9.17, 15) is 0 Å². The van der Waals surface area contributed by atoms with Gasteiger partial charge < -0.3 is 13.9 Å². The van der Waals surface area contributed by atoms with Crippen molar-refractivity contribution >= 4 is 82.4 Å². The van der Waals surface area contributed by atoms with E-state index in [-0.39, 0.29) is 0 Å². The summed E-state index contributed by atoms with van der Waals surface area (Å²) in [6.07, 6.45) is 0. The van der Waals surface area contributed by atoms with Crippen molar-refractivity contribution in [1.82, 2.24) is 4.57 Å².